The first-order valence-corrected chi connectivity index (χ1v) is 7.42. The van der Waals surface area contributed by atoms with Gasteiger partial charge in [0.2, 0.25) is 5.89 Å². The van der Waals surface area contributed by atoms with Gasteiger partial charge in [0.25, 0.3) is 11.9 Å². The number of carbonyl (C=O) groups excluding carboxylic acids is 1. The molecule has 0 atom stereocenters. The highest BCUT2D eigenvalue weighted by Gasteiger charge is 2.30. The molecular weight excluding hydrogens is 268 g/mol. The topological polar surface area (TPSA) is 80.9 Å². The highest BCUT2D eigenvalue weighted by molar-refractivity contribution is 6.03. The van der Waals surface area contributed by atoms with E-state index in [-0.39, 0.29) is 11.9 Å². The van der Waals surface area contributed by atoms with Crippen molar-refractivity contribution in [1.29, 1.82) is 0 Å². The van der Waals surface area contributed by atoms with E-state index in [1.165, 1.54) is 12.0 Å². The lowest BCUT2D eigenvalue weighted by Crippen LogP contribution is -2.15. The molecule has 0 aliphatic heterocycles. The molecule has 108 valence electrons. The second-order valence-corrected chi connectivity index (χ2v) is 5.72. The number of aromatic nitrogens is 3. The predicted molar refractivity (Wildman–Crippen MR) is 75.1 cm³/mol. The molecule has 2 aromatic heterocycles. The largest absolute Gasteiger partial charge is 0.337 e. The van der Waals surface area contributed by atoms with Crippen LogP contribution in [0.25, 0.3) is 0 Å². The van der Waals surface area contributed by atoms with Crippen LogP contribution >= 0.6 is 0 Å². The molecule has 2 aliphatic carbocycles. The molecule has 2 aliphatic rings. The van der Waals surface area contributed by atoms with Gasteiger partial charge < -0.3 is 4.52 Å². The van der Waals surface area contributed by atoms with Crippen LogP contribution < -0.4 is 5.32 Å². The maximum atomic E-state index is 12.2. The second-order valence-electron chi connectivity index (χ2n) is 5.72. The van der Waals surface area contributed by atoms with E-state index in [1.807, 2.05) is 6.07 Å². The predicted octanol–water partition coefficient (Wildman–Crippen LogP) is 2.47. The lowest BCUT2D eigenvalue weighted by molar-refractivity contribution is 0.102. The molecule has 1 N–H and O–H groups in total. The van der Waals surface area contributed by atoms with Crippen molar-refractivity contribution in [3.8, 4) is 0 Å². The Morgan fingerprint density at radius 3 is 3.00 bits per heavy atom. The molecule has 6 heteroatoms. The molecule has 1 fully saturated rings. The summed E-state index contributed by atoms with van der Waals surface area (Å²) in [5, 5.41) is 6.47. The fourth-order valence-electron chi connectivity index (χ4n) is 2.67. The standard InChI is InChI=1S/C15H16N4O2/c20-13(17-15-18-14(21-19-15)9-5-6-9)11-7-10-3-1-2-4-12(10)16-8-11/h7-9H,1-6H2,(H,17,19,20). The SMILES string of the molecule is O=C(Nc1noc(C2CC2)n1)c1cnc2c(c1)CCCC2. The van der Waals surface area contributed by atoms with E-state index in [4.69, 9.17) is 4.52 Å². The van der Waals surface area contributed by atoms with Crippen molar-refractivity contribution in [2.75, 3.05) is 5.32 Å². The third kappa shape index (κ3) is 2.53. The molecule has 2 heterocycles. The van der Waals surface area contributed by atoms with E-state index >= 15 is 0 Å². The number of amides is 1. The van der Waals surface area contributed by atoms with Gasteiger partial charge >= 0.3 is 0 Å². The molecule has 2 aromatic rings. The average Bonchev–Trinajstić information content (AvgIpc) is 3.27. The van der Waals surface area contributed by atoms with Gasteiger partial charge in [-0.3, -0.25) is 15.1 Å². The van der Waals surface area contributed by atoms with E-state index < -0.39 is 0 Å². The van der Waals surface area contributed by atoms with Crippen LogP contribution in [0, 0.1) is 0 Å². The maximum absolute atomic E-state index is 12.2. The molecule has 0 saturated heterocycles. The Bertz CT molecular complexity index is 691. The van der Waals surface area contributed by atoms with Gasteiger partial charge in [-0.1, -0.05) is 0 Å². The summed E-state index contributed by atoms with van der Waals surface area (Å²) >= 11 is 0. The van der Waals surface area contributed by atoms with Crippen LogP contribution in [0.1, 0.15) is 59.1 Å². The molecule has 1 amide bonds. The quantitative estimate of drug-likeness (QED) is 0.936. The number of carbonyl (C=O) groups is 1. The normalized spacial score (nSPS) is 17.3. The molecule has 6 nitrogen and oxygen atoms in total. The fourth-order valence-corrected chi connectivity index (χ4v) is 2.67. The molecule has 0 bridgehead atoms. The number of hydrogen-bond acceptors (Lipinski definition) is 5. The third-order valence-electron chi connectivity index (χ3n) is 4.03. The van der Waals surface area contributed by atoms with E-state index in [0.29, 0.717) is 17.4 Å². The number of nitrogens with zero attached hydrogens (tertiary/aromatic N) is 3. The van der Waals surface area contributed by atoms with Crippen LogP contribution in [0.5, 0.6) is 0 Å². The molecule has 0 spiro atoms. The van der Waals surface area contributed by atoms with Crippen LogP contribution in [0.4, 0.5) is 5.95 Å². The lowest BCUT2D eigenvalue weighted by Gasteiger charge is -2.14. The number of anilines is 1. The second kappa shape index (κ2) is 4.95. The van der Waals surface area contributed by atoms with Crippen molar-refractivity contribution in [1.82, 2.24) is 15.1 Å². The zero-order valence-electron chi connectivity index (χ0n) is 11.6. The molecule has 21 heavy (non-hydrogen) atoms. The lowest BCUT2D eigenvalue weighted by atomic mass is 9.95. The molecule has 1 saturated carbocycles. The van der Waals surface area contributed by atoms with Crippen molar-refractivity contribution < 1.29 is 9.32 Å². The summed E-state index contributed by atoms with van der Waals surface area (Å²) in [6.45, 7) is 0. The van der Waals surface area contributed by atoms with Gasteiger partial charge in [0.1, 0.15) is 0 Å². The number of rotatable bonds is 3. The number of pyridine rings is 1. The summed E-state index contributed by atoms with van der Waals surface area (Å²) in [6, 6.07) is 1.93. The van der Waals surface area contributed by atoms with Gasteiger partial charge in [-0.25, -0.2) is 0 Å². The Morgan fingerprint density at radius 2 is 2.14 bits per heavy atom. The molecule has 4 rings (SSSR count). The van der Waals surface area contributed by atoms with Crippen molar-refractivity contribution >= 4 is 11.9 Å². The highest BCUT2D eigenvalue weighted by atomic mass is 16.5. The van der Waals surface area contributed by atoms with Gasteiger partial charge in [-0.2, -0.15) is 4.98 Å². The Morgan fingerprint density at radius 1 is 1.29 bits per heavy atom. The zero-order valence-corrected chi connectivity index (χ0v) is 11.6. The van der Waals surface area contributed by atoms with Gasteiger partial charge in [0, 0.05) is 17.8 Å². The van der Waals surface area contributed by atoms with E-state index in [2.05, 4.69) is 20.4 Å². The minimum Gasteiger partial charge on any atom is -0.337 e. The Balaban J connectivity index is 1.50. The Hall–Kier alpha value is -2.24. The Labute approximate surface area is 122 Å². The number of hydrogen-bond donors (Lipinski definition) is 1. The van der Waals surface area contributed by atoms with Crippen LogP contribution in [0.3, 0.4) is 0 Å². The zero-order chi connectivity index (χ0) is 14.2. The number of fused-ring (bicyclic) bond motifs is 1. The number of aryl methyl sites for hydroxylation is 2. The first-order valence-electron chi connectivity index (χ1n) is 7.42. The van der Waals surface area contributed by atoms with Crippen LogP contribution in [0.15, 0.2) is 16.8 Å². The minimum atomic E-state index is -0.237. The van der Waals surface area contributed by atoms with Crippen molar-refractivity contribution in [2.45, 2.75) is 44.4 Å². The summed E-state index contributed by atoms with van der Waals surface area (Å²) in [5.74, 6) is 1.00. The average molecular weight is 284 g/mol. The third-order valence-corrected chi connectivity index (χ3v) is 4.03. The molecule has 0 unspecified atom stereocenters. The van der Waals surface area contributed by atoms with Crippen LogP contribution in [-0.2, 0) is 12.8 Å². The molecular formula is C15H16N4O2. The molecule has 0 radical (unpaired) electrons. The summed E-state index contributed by atoms with van der Waals surface area (Å²) in [5.41, 5.74) is 2.85. The molecule has 0 aromatic carbocycles. The summed E-state index contributed by atoms with van der Waals surface area (Å²) in [7, 11) is 0. The fraction of sp³-hybridized carbons (Fsp3) is 0.467. The van der Waals surface area contributed by atoms with Gasteiger partial charge in [-0.15, -0.1) is 0 Å². The van der Waals surface area contributed by atoms with Crippen LogP contribution in [-0.4, -0.2) is 21.0 Å². The first kappa shape index (κ1) is 12.5. The maximum Gasteiger partial charge on any atom is 0.270 e. The van der Waals surface area contributed by atoms with Gasteiger partial charge in [-0.05, 0) is 55.3 Å². The smallest absolute Gasteiger partial charge is 0.270 e. The monoisotopic (exact) mass is 284 g/mol. The van der Waals surface area contributed by atoms with Gasteiger partial charge in [0.05, 0.1) is 5.56 Å². The van der Waals surface area contributed by atoms with Crippen molar-refractivity contribution in [3.05, 3.63) is 35.0 Å². The summed E-state index contributed by atoms with van der Waals surface area (Å²) in [6.07, 6.45) is 8.15. The van der Waals surface area contributed by atoms with Crippen molar-refractivity contribution in [3.63, 3.8) is 0 Å². The summed E-state index contributed by atoms with van der Waals surface area (Å²) in [4.78, 5) is 20.8. The highest BCUT2D eigenvalue weighted by Crippen LogP contribution is 2.39. The van der Waals surface area contributed by atoms with Gasteiger partial charge in [0.15, 0.2) is 0 Å². The first-order chi connectivity index (χ1) is 10.3. The van der Waals surface area contributed by atoms with E-state index in [0.717, 1.165) is 37.8 Å². The minimum absolute atomic E-state index is 0.236. The van der Waals surface area contributed by atoms with Crippen LogP contribution in [0.2, 0.25) is 0 Å². The Kier molecular flexibility index (Phi) is 2.94. The van der Waals surface area contributed by atoms with E-state index in [9.17, 15) is 4.79 Å². The van der Waals surface area contributed by atoms with E-state index in [1.54, 1.807) is 6.20 Å². The van der Waals surface area contributed by atoms with Crippen molar-refractivity contribution in [2.24, 2.45) is 0 Å². The number of nitrogens with one attached hydrogen (secondary N) is 1. The summed E-state index contributed by atoms with van der Waals surface area (Å²) < 4.78 is 5.12.